The normalized spacial score (nSPS) is 28.4. The predicted molar refractivity (Wildman–Crippen MR) is 57.4 cm³/mol. The van der Waals surface area contributed by atoms with Crippen molar-refractivity contribution < 1.29 is 0 Å². The summed E-state index contributed by atoms with van der Waals surface area (Å²) in [7, 11) is 0. The van der Waals surface area contributed by atoms with Crippen molar-refractivity contribution in [2.75, 3.05) is 0 Å². The number of nitrogens with zero attached hydrogens (tertiary/aromatic N) is 2. The fraction of sp³-hybridized carbons (Fsp3) is 0.600. The Hall–Kier alpha value is -1.12. The van der Waals surface area contributed by atoms with E-state index < -0.39 is 0 Å². The fourth-order valence-electron chi connectivity index (χ4n) is 1.32. The number of amidine groups is 1. The summed E-state index contributed by atoms with van der Waals surface area (Å²) in [6.07, 6.45) is 6.95. The Morgan fingerprint density at radius 1 is 1.46 bits per heavy atom. The monoisotopic (exact) mass is 179 g/mol. The second-order valence-electron chi connectivity index (χ2n) is 2.70. The van der Waals surface area contributed by atoms with E-state index in [1.165, 1.54) is 0 Å². The van der Waals surface area contributed by atoms with Gasteiger partial charge in [-0.25, -0.2) is 4.99 Å². The molecule has 0 aromatic heterocycles. The number of hydrogen-bond acceptors (Lipinski definition) is 3. The average Bonchev–Trinajstić information content (AvgIpc) is 2.63. The zero-order chi connectivity index (χ0) is 9.68. The van der Waals surface area contributed by atoms with Gasteiger partial charge in [0.25, 0.3) is 0 Å². The number of nitrogens with one attached hydrogen (secondary N) is 1. The van der Waals surface area contributed by atoms with Crippen LogP contribution in [0, 0.1) is 0 Å². The van der Waals surface area contributed by atoms with E-state index in [1.54, 1.807) is 0 Å². The van der Waals surface area contributed by atoms with E-state index in [9.17, 15) is 0 Å². The highest BCUT2D eigenvalue weighted by Gasteiger charge is 2.25. The molecule has 0 saturated heterocycles. The summed E-state index contributed by atoms with van der Waals surface area (Å²) >= 11 is 0. The van der Waals surface area contributed by atoms with Gasteiger partial charge in [-0.15, -0.1) is 0 Å². The minimum absolute atomic E-state index is 0.106. The van der Waals surface area contributed by atoms with E-state index in [1.807, 2.05) is 26.1 Å². The predicted octanol–water partition coefficient (Wildman–Crippen LogP) is 1.76. The molecule has 0 fully saturated rings. The quantitative estimate of drug-likeness (QED) is 0.654. The van der Waals surface area contributed by atoms with Gasteiger partial charge in [-0.05, 0) is 6.08 Å². The van der Waals surface area contributed by atoms with Gasteiger partial charge in [0.2, 0.25) is 0 Å². The Labute approximate surface area is 79.7 Å². The van der Waals surface area contributed by atoms with Crippen LogP contribution in [0.1, 0.15) is 27.2 Å². The molecule has 0 aromatic rings. The molecule has 13 heavy (non-hydrogen) atoms. The molecular weight excluding hydrogens is 162 g/mol. The lowest BCUT2D eigenvalue weighted by atomic mass is 10.2. The van der Waals surface area contributed by atoms with Gasteiger partial charge in [-0.3, -0.25) is 4.99 Å². The summed E-state index contributed by atoms with van der Waals surface area (Å²) in [6.45, 7) is 6.09. The van der Waals surface area contributed by atoms with Gasteiger partial charge in [-0.1, -0.05) is 26.8 Å². The lowest BCUT2D eigenvalue weighted by Gasteiger charge is -2.12. The van der Waals surface area contributed by atoms with Crippen LogP contribution in [0.3, 0.4) is 0 Å². The maximum absolute atomic E-state index is 4.38. The molecule has 0 aliphatic carbocycles. The van der Waals surface area contributed by atoms with Crippen LogP contribution in [0.15, 0.2) is 22.1 Å². The number of fused-ring (bicyclic) bond motifs is 1. The molecule has 2 atom stereocenters. The highest BCUT2D eigenvalue weighted by atomic mass is 15.2. The van der Waals surface area contributed by atoms with Crippen molar-refractivity contribution in [1.82, 2.24) is 5.32 Å². The molecule has 2 aliphatic rings. The van der Waals surface area contributed by atoms with Gasteiger partial charge >= 0.3 is 0 Å². The minimum atomic E-state index is 0.106. The first-order valence-electron chi connectivity index (χ1n) is 4.93. The molecule has 2 heterocycles. The van der Waals surface area contributed by atoms with E-state index >= 15 is 0 Å². The maximum Gasteiger partial charge on any atom is 0.165 e. The van der Waals surface area contributed by atoms with Gasteiger partial charge in [0.05, 0.1) is 11.9 Å². The Kier molecular flexibility index (Phi) is 3.68. The lowest BCUT2D eigenvalue weighted by molar-refractivity contribution is 0.627. The van der Waals surface area contributed by atoms with Crippen molar-refractivity contribution in [3.63, 3.8) is 0 Å². The fourth-order valence-corrected chi connectivity index (χ4v) is 1.32. The summed E-state index contributed by atoms with van der Waals surface area (Å²) < 4.78 is 0. The number of dihydropyridines is 1. The Bertz CT molecular complexity index is 241. The number of allylic oxidation sites excluding steroid dienone is 1. The van der Waals surface area contributed by atoms with Crippen LogP contribution >= 0.6 is 0 Å². The molecule has 3 nitrogen and oxygen atoms in total. The Balaban J connectivity index is 0.000000396. The summed E-state index contributed by atoms with van der Waals surface area (Å²) in [5, 5.41) is 3.29. The van der Waals surface area contributed by atoms with Crippen LogP contribution in [0.5, 0.6) is 0 Å². The number of aliphatic imine (C=N–C) groups is 2. The van der Waals surface area contributed by atoms with Crippen molar-refractivity contribution in [3.05, 3.63) is 12.2 Å². The van der Waals surface area contributed by atoms with Crippen molar-refractivity contribution in [3.8, 4) is 0 Å². The summed E-state index contributed by atoms with van der Waals surface area (Å²) in [4.78, 5) is 8.61. The molecular formula is C10H17N3. The summed E-state index contributed by atoms with van der Waals surface area (Å²) in [5.74, 6) is 1.07. The first kappa shape index (κ1) is 9.96. The van der Waals surface area contributed by atoms with Crippen LogP contribution in [-0.4, -0.2) is 24.3 Å². The van der Waals surface area contributed by atoms with Crippen molar-refractivity contribution in [1.29, 1.82) is 0 Å². The third-order valence-corrected chi connectivity index (χ3v) is 1.92. The van der Waals surface area contributed by atoms with E-state index in [-0.39, 0.29) is 6.17 Å². The van der Waals surface area contributed by atoms with Crippen molar-refractivity contribution in [2.24, 2.45) is 9.98 Å². The second-order valence-corrected chi connectivity index (χ2v) is 2.70. The Morgan fingerprint density at radius 3 is 2.85 bits per heavy atom. The largest absolute Gasteiger partial charge is 0.363 e. The molecule has 0 amide bonds. The molecule has 2 unspecified atom stereocenters. The van der Waals surface area contributed by atoms with E-state index in [0.717, 1.165) is 12.3 Å². The van der Waals surface area contributed by atoms with Crippen molar-refractivity contribution in [2.45, 2.75) is 39.4 Å². The van der Waals surface area contributed by atoms with Gasteiger partial charge in [0.1, 0.15) is 0 Å². The zero-order valence-electron chi connectivity index (χ0n) is 8.49. The summed E-state index contributed by atoms with van der Waals surface area (Å²) in [6, 6.07) is 0.315. The standard InChI is InChI=1S/C8H11N3.C2H6/c1-2-7-10-6-4-3-5-9-8(6)11-7;1-2/h3-6,8H,2H2,1H3,(H,10,11);1-2H3. The molecule has 2 rings (SSSR count). The third-order valence-electron chi connectivity index (χ3n) is 1.92. The smallest absolute Gasteiger partial charge is 0.165 e. The maximum atomic E-state index is 4.38. The molecule has 0 saturated carbocycles. The van der Waals surface area contributed by atoms with Crippen LogP contribution in [0.25, 0.3) is 0 Å². The van der Waals surface area contributed by atoms with Crippen LogP contribution in [0.2, 0.25) is 0 Å². The minimum Gasteiger partial charge on any atom is -0.363 e. The summed E-state index contributed by atoms with van der Waals surface area (Å²) in [5.41, 5.74) is 0. The van der Waals surface area contributed by atoms with Crippen molar-refractivity contribution >= 4 is 12.1 Å². The molecule has 3 heteroatoms. The van der Waals surface area contributed by atoms with E-state index in [4.69, 9.17) is 0 Å². The van der Waals surface area contributed by atoms with E-state index in [2.05, 4.69) is 28.3 Å². The van der Waals surface area contributed by atoms with Gasteiger partial charge in [0.15, 0.2) is 6.17 Å². The average molecular weight is 179 g/mol. The first-order valence-corrected chi connectivity index (χ1v) is 4.93. The molecule has 0 bridgehead atoms. The first-order chi connectivity index (χ1) is 6.40. The molecule has 0 aromatic carbocycles. The third kappa shape index (κ3) is 2.17. The van der Waals surface area contributed by atoms with E-state index in [0.29, 0.717) is 6.04 Å². The SMILES string of the molecule is CC.CCC1=NC2N=CC=CC2N1. The van der Waals surface area contributed by atoms with Gasteiger partial charge in [0, 0.05) is 12.6 Å². The molecule has 0 radical (unpaired) electrons. The number of rotatable bonds is 1. The molecule has 0 spiro atoms. The highest BCUT2D eigenvalue weighted by Crippen LogP contribution is 2.13. The Morgan fingerprint density at radius 2 is 2.23 bits per heavy atom. The van der Waals surface area contributed by atoms with Crippen LogP contribution in [-0.2, 0) is 0 Å². The lowest BCUT2D eigenvalue weighted by Crippen LogP contribution is -2.32. The topological polar surface area (TPSA) is 36.8 Å². The van der Waals surface area contributed by atoms with Crippen LogP contribution in [0.4, 0.5) is 0 Å². The zero-order valence-corrected chi connectivity index (χ0v) is 8.49. The highest BCUT2D eigenvalue weighted by molar-refractivity contribution is 5.85. The molecule has 72 valence electrons. The van der Waals surface area contributed by atoms with Crippen LogP contribution < -0.4 is 5.32 Å². The van der Waals surface area contributed by atoms with Gasteiger partial charge < -0.3 is 5.32 Å². The number of hydrogen-bond donors (Lipinski definition) is 1. The second kappa shape index (κ2) is 4.80. The molecule has 1 N–H and O–H groups in total. The van der Waals surface area contributed by atoms with Gasteiger partial charge in [-0.2, -0.15) is 0 Å². The molecule has 2 aliphatic heterocycles.